The lowest BCUT2D eigenvalue weighted by Crippen LogP contribution is -2.29. The lowest BCUT2D eigenvalue weighted by Gasteiger charge is -2.28. The minimum Gasteiger partial charge on any atom is -0.496 e. The van der Waals surface area contributed by atoms with Crippen molar-refractivity contribution in [2.75, 3.05) is 25.1 Å². The highest BCUT2D eigenvalue weighted by Gasteiger charge is 2.13. The van der Waals surface area contributed by atoms with Gasteiger partial charge in [-0.2, -0.15) is 5.10 Å². The van der Waals surface area contributed by atoms with Crippen molar-refractivity contribution in [3.05, 3.63) is 81.1 Å². The molecule has 1 aliphatic rings. The van der Waals surface area contributed by atoms with Crippen molar-refractivity contribution in [3.63, 3.8) is 0 Å². The number of methoxy groups -OCH3 is 1. The topological polar surface area (TPSA) is 47.4 Å². The Kier molecular flexibility index (Phi) is 7.33. The van der Waals surface area contributed by atoms with Gasteiger partial charge in [-0.15, -0.1) is 0 Å². The van der Waals surface area contributed by atoms with E-state index in [1.165, 1.54) is 24.9 Å². The third kappa shape index (κ3) is 5.38. The molecule has 1 aromatic heterocycles. The minimum atomic E-state index is 0.0000354. The summed E-state index contributed by atoms with van der Waals surface area (Å²) in [5, 5.41) is 4.60. The second kappa shape index (κ2) is 10.4. The Bertz CT molecular complexity index is 1160. The molecule has 172 valence electrons. The number of allylic oxidation sites excluding steroid dienone is 1. The molecule has 33 heavy (non-hydrogen) atoms. The van der Waals surface area contributed by atoms with E-state index in [0.29, 0.717) is 12.1 Å². The molecule has 0 atom stereocenters. The summed E-state index contributed by atoms with van der Waals surface area (Å²) in [6.45, 7) is 6.81. The van der Waals surface area contributed by atoms with Gasteiger partial charge in [0.25, 0.3) is 0 Å². The highest BCUT2D eigenvalue weighted by atomic mass is 79.9. The van der Waals surface area contributed by atoms with Crippen LogP contribution in [0.1, 0.15) is 52.1 Å². The van der Waals surface area contributed by atoms with Crippen molar-refractivity contribution in [3.8, 4) is 5.75 Å². The smallest absolute Gasteiger partial charge is 0.185 e. The van der Waals surface area contributed by atoms with Crippen LogP contribution in [-0.2, 0) is 6.54 Å². The summed E-state index contributed by atoms with van der Waals surface area (Å²) >= 11 is 3.59. The van der Waals surface area contributed by atoms with E-state index in [9.17, 15) is 4.79 Å². The van der Waals surface area contributed by atoms with Crippen LogP contribution in [0, 0.1) is 13.8 Å². The fraction of sp³-hybridized carbons (Fsp3) is 0.333. The summed E-state index contributed by atoms with van der Waals surface area (Å²) < 4.78 is 8.54. The highest BCUT2D eigenvalue weighted by molar-refractivity contribution is 9.10. The zero-order chi connectivity index (χ0) is 23.4. The number of hydrogen-bond acceptors (Lipinski definition) is 4. The molecule has 4 rings (SSSR count). The number of ketones is 1. The van der Waals surface area contributed by atoms with Crippen molar-refractivity contribution in [2.45, 2.75) is 39.7 Å². The van der Waals surface area contributed by atoms with Gasteiger partial charge in [0, 0.05) is 29.9 Å². The number of aryl methyl sites for hydroxylation is 1. The Labute approximate surface area is 204 Å². The zero-order valence-corrected chi connectivity index (χ0v) is 21.1. The number of benzene rings is 2. The first-order valence-electron chi connectivity index (χ1n) is 11.4. The Morgan fingerprint density at radius 2 is 1.82 bits per heavy atom. The first-order valence-corrected chi connectivity index (χ1v) is 12.2. The summed E-state index contributed by atoms with van der Waals surface area (Å²) in [4.78, 5) is 15.1. The fourth-order valence-electron chi connectivity index (χ4n) is 4.27. The first kappa shape index (κ1) is 23.3. The van der Waals surface area contributed by atoms with Crippen molar-refractivity contribution < 1.29 is 9.53 Å². The quantitative estimate of drug-likeness (QED) is 0.282. The number of carbonyl (C=O) groups excluding carboxylic acids is 1. The first-order chi connectivity index (χ1) is 16.0. The molecule has 0 N–H and O–H groups in total. The van der Waals surface area contributed by atoms with Crippen molar-refractivity contribution in [2.24, 2.45) is 0 Å². The van der Waals surface area contributed by atoms with Crippen LogP contribution in [0.5, 0.6) is 5.75 Å². The average molecular weight is 508 g/mol. The molecule has 1 aliphatic heterocycles. The van der Waals surface area contributed by atoms with E-state index >= 15 is 0 Å². The third-order valence-electron chi connectivity index (χ3n) is 6.22. The van der Waals surface area contributed by atoms with Crippen molar-refractivity contribution >= 4 is 33.5 Å². The maximum atomic E-state index is 12.7. The number of rotatable bonds is 7. The lowest BCUT2D eigenvalue weighted by molar-refractivity contribution is 0.104. The van der Waals surface area contributed by atoms with Crippen LogP contribution in [0.2, 0.25) is 0 Å². The summed E-state index contributed by atoms with van der Waals surface area (Å²) in [5.41, 5.74) is 5.89. The molecule has 2 aromatic carbocycles. The van der Waals surface area contributed by atoms with Gasteiger partial charge in [-0.1, -0.05) is 12.1 Å². The van der Waals surface area contributed by atoms with E-state index in [1.807, 2.05) is 54.9 Å². The lowest BCUT2D eigenvalue weighted by atomic mass is 10.1. The molecule has 2 heterocycles. The maximum Gasteiger partial charge on any atom is 0.185 e. The molecule has 5 nitrogen and oxygen atoms in total. The van der Waals surface area contributed by atoms with Crippen LogP contribution in [0.4, 0.5) is 5.69 Å². The van der Waals surface area contributed by atoms with Crippen LogP contribution in [0.15, 0.2) is 53.0 Å². The largest absolute Gasteiger partial charge is 0.496 e. The highest BCUT2D eigenvalue weighted by Crippen LogP contribution is 2.26. The molecule has 0 spiro atoms. The molecule has 0 saturated carbocycles. The van der Waals surface area contributed by atoms with Crippen LogP contribution in [0.25, 0.3) is 6.08 Å². The Morgan fingerprint density at radius 1 is 1.09 bits per heavy atom. The molecule has 0 unspecified atom stereocenters. The van der Waals surface area contributed by atoms with Gasteiger partial charge in [-0.05, 0) is 97.1 Å². The van der Waals surface area contributed by atoms with E-state index < -0.39 is 0 Å². The monoisotopic (exact) mass is 507 g/mol. The predicted molar refractivity (Wildman–Crippen MR) is 137 cm³/mol. The van der Waals surface area contributed by atoms with Gasteiger partial charge in [0.1, 0.15) is 5.75 Å². The van der Waals surface area contributed by atoms with Crippen molar-refractivity contribution in [1.29, 1.82) is 0 Å². The van der Waals surface area contributed by atoms with Crippen LogP contribution in [0.3, 0.4) is 0 Å². The SMILES string of the molecule is COc1ccc(/C=C/C(=O)c2ccc(N3CCCCC3)cc2)cc1Cn1nc(C)c(Br)c1C. The Morgan fingerprint density at radius 3 is 2.45 bits per heavy atom. The maximum absolute atomic E-state index is 12.7. The van der Waals surface area contributed by atoms with E-state index in [2.05, 4.69) is 38.1 Å². The van der Waals surface area contributed by atoms with Gasteiger partial charge >= 0.3 is 0 Å². The van der Waals surface area contributed by atoms with Gasteiger partial charge in [-0.25, -0.2) is 0 Å². The van der Waals surface area contributed by atoms with Gasteiger partial charge in [0.15, 0.2) is 5.78 Å². The summed E-state index contributed by atoms with van der Waals surface area (Å²) in [6, 6.07) is 13.9. The molecule has 6 heteroatoms. The number of piperidine rings is 1. The number of hydrogen-bond donors (Lipinski definition) is 0. The van der Waals surface area contributed by atoms with E-state index in [4.69, 9.17) is 4.74 Å². The number of nitrogens with zero attached hydrogens (tertiary/aromatic N) is 3. The molecule has 0 amide bonds. The molecule has 0 bridgehead atoms. The average Bonchev–Trinajstić information content (AvgIpc) is 3.09. The number of ether oxygens (including phenoxy) is 1. The zero-order valence-electron chi connectivity index (χ0n) is 19.5. The van der Waals surface area contributed by atoms with Gasteiger partial charge < -0.3 is 9.64 Å². The Hall–Kier alpha value is -2.86. The second-order valence-corrected chi connectivity index (χ2v) is 9.30. The second-order valence-electron chi connectivity index (χ2n) is 8.51. The van der Waals surface area contributed by atoms with E-state index in [0.717, 1.165) is 45.8 Å². The summed E-state index contributed by atoms with van der Waals surface area (Å²) in [5.74, 6) is 0.801. The molecule has 0 radical (unpaired) electrons. The summed E-state index contributed by atoms with van der Waals surface area (Å²) in [7, 11) is 1.67. The van der Waals surface area contributed by atoms with Gasteiger partial charge in [0.2, 0.25) is 0 Å². The van der Waals surface area contributed by atoms with Gasteiger partial charge in [0.05, 0.1) is 29.5 Å². The predicted octanol–water partition coefficient (Wildman–Crippen LogP) is 6.21. The molecule has 1 fully saturated rings. The normalized spacial score (nSPS) is 14.1. The van der Waals surface area contributed by atoms with Gasteiger partial charge in [-0.3, -0.25) is 9.48 Å². The fourth-order valence-corrected chi connectivity index (χ4v) is 4.56. The van der Waals surface area contributed by atoms with E-state index in [-0.39, 0.29) is 5.78 Å². The molecular formula is C27H30BrN3O2. The third-order valence-corrected chi connectivity index (χ3v) is 7.37. The molecule has 1 saturated heterocycles. The number of anilines is 1. The molecular weight excluding hydrogens is 478 g/mol. The summed E-state index contributed by atoms with van der Waals surface area (Å²) in [6.07, 6.45) is 7.29. The molecule has 0 aliphatic carbocycles. The Balaban J connectivity index is 1.48. The number of halogens is 1. The van der Waals surface area contributed by atoms with E-state index in [1.54, 1.807) is 13.2 Å². The standard InChI is InChI=1S/C27H30BrN3O2/c1-19-27(28)20(2)31(29-19)18-23-17-21(8-14-26(23)33-3)7-13-25(32)22-9-11-24(12-10-22)30-15-5-4-6-16-30/h7-14,17H,4-6,15-16,18H2,1-3H3/b13-7+. The minimum absolute atomic E-state index is 0.0000354. The molecule has 3 aromatic rings. The number of aromatic nitrogens is 2. The number of carbonyl (C=O) groups is 1. The van der Waals surface area contributed by atoms with Crippen LogP contribution in [-0.4, -0.2) is 35.8 Å². The van der Waals surface area contributed by atoms with Crippen LogP contribution >= 0.6 is 15.9 Å². The van der Waals surface area contributed by atoms with Crippen LogP contribution < -0.4 is 9.64 Å². The van der Waals surface area contributed by atoms with Crippen molar-refractivity contribution in [1.82, 2.24) is 9.78 Å².